The largest absolute Gasteiger partial charge is 0.573 e. The van der Waals surface area contributed by atoms with Gasteiger partial charge in [-0.2, -0.15) is 0 Å². The molecule has 0 fully saturated rings. The molecule has 0 saturated carbocycles. The average molecular weight is 313 g/mol. The Morgan fingerprint density at radius 1 is 1.09 bits per heavy atom. The minimum atomic E-state index is -4.79. The summed E-state index contributed by atoms with van der Waals surface area (Å²) in [6.45, 7) is 0. The van der Waals surface area contributed by atoms with Crippen molar-refractivity contribution in [1.82, 2.24) is 0 Å². The summed E-state index contributed by atoms with van der Waals surface area (Å²) >= 11 is 0. The van der Waals surface area contributed by atoms with E-state index in [9.17, 15) is 22.4 Å². The molecule has 22 heavy (non-hydrogen) atoms. The van der Waals surface area contributed by atoms with Gasteiger partial charge in [0, 0.05) is 11.8 Å². The van der Waals surface area contributed by atoms with Crippen molar-refractivity contribution in [3.8, 4) is 5.75 Å². The van der Waals surface area contributed by atoms with Crippen molar-refractivity contribution in [2.24, 2.45) is 0 Å². The van der Waals surface area contributed by atoms with Gasteiger partial charge in [-0.3, -0.25) is 4.79 Å². The van der Waals surface area contributed by atoms with E-state index in [1.54, 1.807) is 0 Å². The van der Waals surface area contributed by atoms with Gasteiger partial charge in [-0.15, -0.1) is 13.2 Å². The van der Waals surface area contributed by atoms with Crippen LogP contribution in [0.4, 0.5) is 23.2 Å². The Labute approximate surface area is 123 Å². The fourth-order valence-corrected chi connectivity index (χ4v) is 1.76. The lowest BCUT2D eigenvalue weighted by molar-refractivity contribution is -0.274. The average Bonchev–Trinajstić information content (AvgIpc) is 2.40. The number of anilines is 1. The standard InChI is InChI=1S/C15H11F4NO2/c16-11-6-4-10(5-7-11)8-14(21)20-12-2-1-3-13(9-12)22-15(17,18)19/h1-7,9H,8H2,(H,20,21). The van der Waals surface area contributed by atoms with Crippen LogP contribution in [0.5, 0.6) is 5.75 Å². The SMILES string of the molecule is O=C(Cc1ccc(F)cc1)Nc1cccc(OC(F)(F)F)c1. The molecule has 0 aliphatic rings. The number of nitrogens with one attached hydrogen (secondary N) is 1. The highest BCUT2D eigenvalue weighted by Gasteiger charge is 2.31. The number of rotatable bonds is 4. The van der Waals surface area contributed by atoms with Crippen LogP contribution in [0.3, 0.4) is 0 Å². The summed E-state index contributed by atoms with van der Waals surface area (Å²) in [7, 11) is 0. The Bertz CT molecular complexity index is 653. The molecule has 2 aromatic carbocycles. The number of ether oxygens (including phenoxy) is 1. The van der Waals surface area contributed by atoms with Crippen molar-refractivity contribution in [3.63, 3.8) is 0 Å². The van der Waals surface area contributed by atoms with Gasteiger partial charge in [0.15, 0.2) is 0 Å². The molecule has 7 heteroatoms. The highest BCUT2D eigenvalue weighted by atomic mass is 19.4. The molecule has 1 amide bonds. The van der Waals surface area contributed by atoms with Crippen molar-refractivity contribution in [3.05, 3.63) is 59.9 Å². The Kier molecular flexibility index (Phi) is 4.65. The Morgan fingerprint density at radius 3 is 2.41 bits per heavy atom. The quantitative estimate of drug-likeness (QED) is 0.869. The summed E-state index contributed by atoms with van der Waals surface area (Å²) in [5.41, 5.74) is 0.760. The van der Waals surface area contributed by atoms with Crippen LogP contribution in [0.25, 0.3) is 0 Å². The summed E-state index contributed by atoms with van der Waals surface area (Å²) in [5.74, 6) is -1.27. The monoisotopic (exact) mass is 313 g/mol. The van der Waals surface area contributed by atoms with Crippen LogP contribution >= 0.6 is 0 Å². The molecule has 3 nitrogen and oxygen atoms in total. The van der Waals surface area contributed by atoms with E-state index in [-0.39, 0.29) is 12.1 Å². The topological polar surface area (TPSA) is 38.3 Å². The number of halogens is 4. The van der Waals surface area contributed by atoms with Gasteiger partial charge >= 0.3 is 6.36 Å². The van der Waals surface area contributed by atoms with Crippen LogP contribution in [0.1, 0.15) is 5.56 Å². The van der Waals surface area contributed by atoms with Crippen molar-refractivity contribution < 1.29 is 27.1 Å². The predicted molar refractivity (Wildman–Crippen MR) is 71.9 cm³/mol. The smallest absolute Gasteiger partial charge is 0.406 e. The summed E-state index contributed by atoms with van der Waals surface area (Å²) in [4.78, 5) is 11.8. The third kappa shape index (κ3) is 5.08. The molecule has 0 atom stereocenters. The second-order valence-corrected chi connectivity index (χ2v) is 4.43. The minimum Gasteiger partial charge on any atom is -0.406 e. The molecule has 0 saturated heterocycles. The summed E-state index contributed by atoms with van der Waals surface area (Å²) < 4.78 is 52.9. The molecular formula is C15H11F4NO2. The maximum Gasteiger partial charge on any atom is 0.573 e. The van der Waals surface area contributed by atoms with E-state index in [2.05, 4.69) is 10.1 Å². The van der Waals surface area contributed by atoms with E-state index in [1.807, 2.05) is 0 Å². The zero-order valence-corrected chi connectivity index (χ0v) is 11.2. The van der Waals surface area contributed by atoms with Gasteiger partial charge in [-0.05, 0) is 29.8 Å². The molecule has 0 aromatic heterocycles. The highest BCUT2D eigenvalue weighted by molar-refractivity contribution is 5.92. The molecule has 0 spiro atoms. The molecular weight excluding hydrogens is 302 g/mol. The molecule has 2 aromatic rings. The van der Waals surface area contributed by atoms with Crippen molar-refractivity contribution in [2.75, 3.05) is 5.32 Å². The van der Waals surface area contributed by atoms with Gasteiger partial charge in [-0.25, -0.2) is 4.39 Å². The summed E-state index contributed by atoms with van der Waals surface area (Å²) in [6, 6.07) is 10.3. The van der Waals surface area contributed by atoms with Crippen molar-refractivity contribution in [2.45, 2.75) is 12.8 Å². The van der Waals surface area contributed by atoms with Crippen LogP contribution in [0.15, 0.2) is 48.5 Å². The normalized spacial score (nSPS) is 11.1. The number of hydrogen-bond donors (Lipinski definition) is 1. The van der Waals surface area contributed by atoms with Crippen LogP contribution in [0.2, 0.25) is 0 Å². The Hall–Kier alpha value is -2.57. The zero-order chi connectivity index (χ0) is 16.2. The maximum absolute atomic E-state index is 12.7. The van der Waals surface area contributed by atoms with Crippen LogP contribution in [-0.2, 0) is 11.2 Å². The molecule has 0 radical (unpaired) electrons. The summed E-state index contributed by atoms with van der Waals surface area (Å²) in [6.07, 6.45) is -4.82. The van der Waals surface area contributed by atoms with Gasteiger partial charge in [0.2, 0.25) is 5.91 Å². The lowest BCUT2D eigenvalue weighted by Gasteiger charge is -2.10. The second-order valence-electron chi connectivity index (χ2n) is 4.43. The Morgan fingerprint density at radius 2 is 1.77 bits per heavy atom. The van der Waals surface area contributed by atoms with E-state index in [4.69, 9.17) is 0 Å². The van der Waals surface area contributed by atoms with E-state index >= 15 is 0 Å². The van der Waals surface area contributed by atoms with E-state index < -0.39 is 23.8 Å². The lowest BCUT2D eigenvalue weighted by Crippen LogP contribution is -2.18. The van der Waals surface area contributed by atoms with Crippen molar-refractivity contribution >= 4 is 11.6 Å². The van der Waals surface area contributed by atoms with Crippen LogP contribution < -0.4 is 10.1 Å². The van der Waals surface area contributed by atoms with E-state index in [0.717, 1.165) is 12.1 Å². The number of benzene rings is 2. The first-order valence-corrected chi connectivity index (χ1v) is 6.22. The summed E-state index contributed by atoms with van der Waals surface area (Å²) in [5, 5.41) is 2.45. The van der Waals surface area contributed by atoms with Crippen LogP contribution in [-0.4, -0.2) is 12.3 Å². The third-order valence-electron chi connectivity index (χ3n) is 2.63. The molecule has 0 aliphatic heterocycles. The fraction of sp³-hybridized carbons (Fsp3) is 0.133. The number of alkyl halides is 3. The van der Waals surface area contributed by atoms with Gasteiger partial charge in [-0.1, -0.05) is 18.2 Å². The van der Waals surface area contributed by atoms with Gasteiger partial charge < -0.3 is 10.1 Å². The minimum absolute atomic E-state index is 0.0232. The van der Waals surface area contributed by atoms with Gasteiger partial charge in [0.05, 0.1) is 6.42 Å². The van der Waals surface area contributed by atoms with Gasteiger partial charge in [0.25, 0.3) is 0 Å². The first-order valence-electron chi connectivity index (χ1n) is 6.22. The molecule has 1 N–H and O–H groups in total. The zero-order valence-electron chi connectivity index (χ0n) is 11.2. The lowest BCUT2D eigenvalue weighted by atomic mass is 10.1. The highest BCUT2D eigenvalue weighted by Crippen LogP contribution is 2.25. The first kappa shape index (κ1) is 15.8. The van der Waals surface area contributed by atoms with Crippen LogP contribution in [0, 0.1) is 5.82 Å². The fourth-order valence-electron chi connectivity index (χ4n) is 1.76. The number of hydrogen-bond acceptors (Lipinski definition) is 2. The molecule has 0 heterocycles. The predicted octanol–water partition coefficient (Wildman–Crippen LogP) is 3.91. The number of carbonyl (C=O) groups is 1. The maximum atomic E-state index is 12.7. The molecule has 0 unspecified atom stereocenters. The van der Waals surface area contributed by atoms with E-state index in [0.29, 0.717) is 5.56 Å². The van der Waals surface area contributed by atoms with Crippen molar-refractivity contribution in [1.29, 1.82) is 0 Å². The Balaban J connectivity index is 1.99. The first-order chi connectivity index (χ1) is 10.3. The third-order valence-corrected chi connectivity index (χ3v) is 2.63. The van der Waals surface area contributed by atoms with E-state index in [1.165, 1.54) is 36.4 Å². The molecule has 116 valence electrons. The number of amides is 1. The number of carbonyl (C=O) groups excluding carboxylic acids is 1. The molecule has 0 bridgehead atoms. The second kappa shape index (κ2) is 6.46. The molecule has 2 rings (SSSR count). The molecule has 0 aliphatic carbocycles. The van der Waals surface area contributed by atoms with Gasteiger partial charge in [0.1, 0.15) is 11.6 Å².